The molecule has 0 bridgehead atoms. The van der Waals surface area contributed by atoms with Gasteiger partial charge in [-0.2, -0.15) is 0 Å². The van der Waals surface area contributed by atoms with Crippen LogP contribution < -0.4 is 5.32 Å². The standard InChI is InChI=1S/C13H24N2/c1-10-7-14-12(11-3-4-11)8-15(10)9-13(2)5-6-13/h10-12,14H,3-9H2,1-2H3. The summed E-state index contributed by atoms with van der Waals surface area (Å²) >= 11 is 0. The van der Waals surface area contributed by atoms with Crippen molar-refractivity contribution in [2.75, 3.05) is 19.6 Å². The Balaban J connectivity index is 1.58. The summed E-state index contributed by atoms with van der Waals surface area (Å²) in [7, 11) is 0. The van der Waals surface area contributed by atoms with Crippen molar-refractivity contribution in [3.63, 3.8) is 0 Å². The molecule has 1 heterocycles. The zero-order chi connectivity index (χ0) is 10.5. The Morgan fingerprint density at radius 3 is 2.67 bits per heavy atom. The van der Waals surface area contributed by atoms with Crippen LogP contribution in [0.25, 0.3) is 0 Å². The molecular weight excluding hydrogens is 184 g/mol. The monoisotopic (exact) mass is 208 g/mol. The third kappa shape index (κ3) is 2.21. The summed E-state index contributed by atoms with van der Waals surface area (Å²) in [6, 6.07) is 1.56. The Kier molecular flexibility index (Phi) is 2.33. The molecule has 1 N–H and O–H groups in total. The summed E-state index contributed by atoms with van der Waals surface area (Å²) in [6.07, 6.45) is 5.85. The molecule has 2 saturated carbocycles. The van der Waals surface area contributed by atoms with Crippen LogP contribution in [0.15, 0.2) is 0 Å². The van der Waals surface area contributed by atoms with E-state index in [1.165, 1.54) is 45.3 Å². The number of piperazine rings is 1. The SMILES string of the molecule is CC1CNC(C2CC2)CN1CC1(C)CC1. The van der Waals surface area contributed by atoms with E-state index in [0.29, 0.717) is 5.41 Å². The maximum Gasteiger partial charge on any atom is 0.0224 e. The minimum atomic E-state index is 0.680. The summed E-state index contributed by atoms with van der Waals surface area (Å²) in [5.74, 6) is 1.01. The summed E-state index contributed by atoms with van der Waals surface area (Å²) in [4.78, 5) is 2.74. The Hall–Kier alpha value is -0.0800. The predicted molar refractivity (Wildman–Crippen MR) is 62.9 cm³/mol. The molecule has 1 aliphatic heterocycles. The van der Waals surface area contributed by atoms with Crippen LogP contribution in [0.1, 0.15) is 39.5 Å². The third-order valence-electron chi connectivity index (χ3n) is 4.61. The molecule has 0 spiro atoms. The molecule has 2 heteroatoms. The molecule has 2 unspecified atom stereocenters. The fourth-order valence-corrected chi connectivity index (χ4v) is 2.84. The molecule has 3 rings (SSSR count). The normalized spacial score (nSPS) is 40.4. The van der Waals surface area contributed by atoms with E-state index in [0.717, 1.165) is 18.0 Å². The zero-order valence-corrected chi connectivity index (χ0v) is 10.1. The van der Waals surface area contributed by atoms with Gasteiger partial charge in [0.05, 0.1) is 0 Å². The van der Waals surface area contributed by atoms with Gasteiger partial charge in [0.1, 0.15) is 0 Å². The van der Waals surface area contributed by atoms with Crippen molar-refractivity contribution in [1.82, 2.24) is 10.2 Å². The molecule has 2 atom stereocenters. The quantitative estimate of drug-likeness (QED) is 0.761. The lowest BCUT2D eigenvalue weighted by molar-refractivity contribution is 0.111. The Morgan fingerprint density at radius 1 is 1.33 bits per heavy atom. The lowest BCUT2D eigenvalue weighted by Gasteiger charge is -2.40. The number of nitrogens with one attached hydrogen (secondary N) is 1. The predicted octanol–water partition coefficient (Wildman–Crippen LogP) is 1.86. The average Bonchev–Trinajstić information content (AvgIpc) is 3.06. The molecule has 1 saturated heterocycles. The average molecular weight is 208 g/mol. The summed E-state index contributed by atoms with van der Waals surface area (Å²) < 4.78 is 0. The van der Waals surface area contributed by atoms with Gasteiger partial charge >= 0.3 is 0 Å². The van der Waals surface area contributed by atoms with Gasteiger partial charge in [0.2, 0.25) is 0 Å². The van der Waals surface area contributed by atoms with Crippen molar-refractivity contribution in [2.45, 2.75) is 51.6 Å². The molecule has 3 aliphatic rings. The van der Waals surface area contributed by atoms with Gasteiger partial charge in [-0.1, -0.05) is 6.92 Å². The molecule has 0 amide bonds. The van der Waals surface area contributed by atoms with Crippen LogP contribution in [0.3, 0.4) is 0 Å². The highest BCUT2D eigenvalue weighted by molar-refractivity contribution is 4.98. The molecular formula is C13H24N2. The third-order valence-corrected chi connectivity index (χ3v) is 4.61. The number of rotatable bonds is 3. The largest absolute Gasteiger partial charge is 0.311 e. The molecule has 0 aromatic rings. The van der Waals surface area contributed by atoms with E-state index in [9.17, 15) is 0 Å². The van der Waals surface area contributed by atoms with Crippen LogP contribution in [0.4, 0.5) is 0 Å². The van der Waals surface area contributed by atoms with E-state index in [1.807, 2.05) is 0 Å². The number of hydrogen-bond acceptors (Lipinski definition) is 2. The Morgan fingerprint density at radius 2 is 2.07 bits per heavy atom. The summed E-state index contributed by atoms with van der Waals surface area (Å²) in [5, 5.41) is 3.73. The first-order valence-electron chi connectivity index (χ1n) is 6.64. The van der Waals surface area contributed by atoms with Gasteiger partial charge in [0.15, 0.2) is 0 Å². The van der Waals surface area contributed by atoms with Crippen molar-refractivity contribution in [3.05, 3.63) is 0 Å². The highest BCUT2D eigenvalue weighted by atomic mass is 15.2. The van der Waals surface area contributed by atoms with Gasteiger partial charge in [0.25, 0.3) is 0 Å². The highest BCUT2D eigenvalue weighted by Crippen LogP contribution is 2.46. The molecule has 2 nitrogen and oxygen atoms in total. The van der Waals surface area contributed by atoms with Crippen LogP contribution >= 0.6 is 0 Å². The minimum absolute atomic E-state index is 0.680. The summed E-state index contributed by atoms with van der Waals surface area (Å²) in [6.45, 7) is 8.69. The molecule has 2 aliphatic carbocycles. The van der Waals surface area contributed by atoms with Crippen molar-refractivity contribution in [1.29, 1.82) is 0 Å². The van der Waals surface area contributed by atoms with E-state index >= 15 is 0 Å². The second kappa shape index (κ2) is 3.46. The first-order chi connectivity index (χ1) is 7.16. The lowest BCUT2D eigenvalue weighted by Crippen LogP contribution is -2.57. The molecule has 0 aromatic carbocycles. The van der Waals surface area contributed by atoms with E-state index in [-0.39, 0.29) is 0 Å². The van der Waals surface area contributed by atoms with Crippen LogP contribution in [0.5, 0.6) is 0 Å². The van der Waals surface area contributed by atoms with Gasteiger partial charge in [-0.3, -0.25) is 4.90 Å². The highest BCUT2D eigenvalue weighted by Gasteiger charge is 2.42. The number of hydrogen-bond donors (Lipinski definition) is 1. The first-order valence-corrected chi connectivity index (χ1v) is 6.64. The van der Waals surface area contributed by atoms with E-state index < -0.39 is 0 Å². The van der Waals surface area contributed by atoms with Gasteiger partial charge in [0, 0.05) is 31.7 Å². The van der Waals surface area contributed by atoms with E-state index in [1.54, 1.807) is 0 Å². The van der Waals surface area contributed by atoms with Crippen LogP contribution in [-0.4, -0.2) is 36.6 Å². The summed E-state index contributed by atoms with van der Waals surface area (Å²) in [5.41, 5.74) is 0.680. The van der Waals surface area contributed by atoms with Crippen molar-refractivity contribution >= 4 is 0 Å². The number of nitrogens with zero attached hydrogens (tertiary/aromatic N) is 1. The fraction of sp³-hybridized carbons (Fsp3) is 1.00. The van der Waals surface area contributed by atoms with Crippen LogP contribution in [-0.2, 0) is 0 Å². The van der Waals surface area contributed by atoms with Crippen LogP contribution in [0, 0.1) is 11.3 Å². The van der Waals surface area contributed by atoms with E-state index in [2.05, 4.69) is 24.1 Å². The van der Waals surface area contributed by atoms with Gasteiger partial charge in [-0.05, 0) is 43.9 Å². The second-order valence-electron chi connectivity index (χ2n) is 6.44. The molecule has 0 aromatic heterocycles. The van der Waals surface area contributed by atoms with Gasteiger partial charge in [-0.25, -0.2) is 0 Å². The van der Waals surface area contributed by atoms with E-state index in [4.69, 9.17) is 0 Å². The second-order valence-corrected chi connectivity index (χ2v) is 6.44. The smallest absolute Gasteiger partial charge is 0.0224 e. The van der Waals surface area contributed by atoms with Crippen molar-refractivity contribution in [2.24, 2.45) is 11.3 Å². The fourth-order valence-electron chi connectivity index (χ4n) is 2.84. The Labute approximate surface area is 93.4 Å². The zero-order valence-electron chi connectivity index (χ0n) is 10.1. The van der Waals surface area contributed by atoms with Crippen molar-refractivity contribution in [3.8, 4) is 0 Å². The topological polar surface area (TPSA) is 15.3 Å². The van der Waals surface area contributed by atoms with Gasteiger partial charge < -0.3 is 5.32 Å². The van der Waals surface area contributed by atoms with Crippen molar-refractivity contribution < 1.29 is 0 Å². The lowest BCUT2D eigenvalue weighted by atomic mass is 10.0. The van der Waals surface area contributed by atoms with Crippen LogP contribution in [0.2, 0.25) is 0 Å². The molecule has 0 radical (unpaired) electrons. The minimum Gasteiger partial charge on any atom is -0.311 e. The molecule has 86 valence electrons. The molecule has 15 heavy (non-hydrogen) atoms. The maximum atomic E-state index is 3.73. The molecule has 3 fully saturated rings. The maximum absolute atomic E-state index is 3.73. The first kappa shape index (κ1) is 10.1. The Bertz CT molecular complexity index is 243. The van der Waals surface area contributed by atoms with Gasteiger partial charge in [-0.15, -0.1) is 0 Å².